The van der Waals surface area contributed by atoms with Crippen LogP contribution in [0.25, 0.3) is 0 Å². The molecule has 0 aliphatic carbocycles. The van der Waals surface area contributed by atoms with Crippen molar-refractivity contribution in [2.75, 3.05) is 5.32 Å². The van der Waals surface area contributed by atoms with E-state index in [2.05, 4.69) is 26.0 Å². The number of halogens is 2. The van der Waals surface area contributed by atoms with Crippen molar-refractivity contribution in [2.24, 2.45) is 5.10 Å². The number of anilines is 2. The normalized spacial score (nSPS) is 10.8. The van der Waals surface area contributed by atoms with Crippen molar-refractivity contribution in [3.05, 3.63) is 69.1 Å². The third kappa shape index (κ3) is 4.99. The molecule has 0 bridgehead atoms. The quantitative estimate of drug-likeness (QED) is 0.500. The number of carbonyl (C=O) groups is 1. The van der Waals surface area contributed by atoms with Crippen LogP contribution in [0.15, 0.2) is 53.6 Å². The molecular weight excluding hydrogens is 381 g/mol. The van der Waals surface area contributed by atoms with E-state index in [0.29, 0.717) is 25.7 Å². The summed E-state index contributed by atoms with van der Waals surface area (Å²) >= 11 is 12.9. The van der Waals surface area contributed by atoms with Gasteiger partial charge in [0.25, 0.3) is 5.91 Å². The van der Waals surface area contributed by atoms with Crippen molar-refractivity contribution in [1.29, 1.82) is 0 Å². The standard InChI is InChI=1S/C16H11Cl2N5OS/c17-11-3-1-10(2-4-11)15(24)22-19-9-14-21-23-16(25-14)20-13-7-5-12(18)6-8-13/h1-9H,(H,20,23)(H,22,24)/b19-9+. The van der Waals surface area contributed by atoms with Crippen molar-refractivity contribution in [1.82, 2.24) is 15.6 Å². The van der Waals surface area contributed by atoms with Gasteiger partial charge in [-0.2, -0.15) is 5.10 Å². The lowest BCUT2D eigenvalue weighted by molar-refractivity contribution is 0.0955. The molecule has 0 saturated heterocycles. The van der Waals surface area contributed by atoms with Gasteiger partial charge in [0.2, 0.25) is 5.13 Å². The van der Waals surface area contributed by atoms with Gasteiger partial charge in [-0.15, -0.1) is 10.2 Å². The molecule has 0 saturated carbocycles. The van der Waals surface area contributed by atoms with E-state index in [-0.39, 0.29) is 5.91 Å². The molecule has 2 aromatic carbocycles. The van der Waals surface area contributed by atoms with Gasteiger partial charge in [-0.1, -0.05) is 34.5 Å². The van der Waals surface area contributed by atoms with Crippen LogP contribution in [0.3, 0.4) is 0 Å². The Balaban J connectivity index is 1.57. The predicted octanol–water partition coefficient (Wildman–Crippen LogP) is 4.35. The zero-order valence-corrected chi connectivity index (χ0v) is 14.9. The lowest BCUT2D eigenvalue weighted by Crippen LogP contribution is -2.17. The Morgan fingerprint density at radius 1 is 1.00 bits per heavy atom. The maximum absolute atomic E-state index is 11.9. The summed E-state index contributed by atoms with van der Waals surface area (Å²) in [7, 11) is 0. The summed E-state index contributed by atoms with van der Waals surface area (Å²) in [5.41, 5.74) is 3.73. The fraction of sp³-hybridized carbons (Fsp3) is 0. The van der Waals surface area contributed by atoms with Crippen LogP contribution in [-0.2, 0) is 0 Å². The summed E-state index contributed by atoms with van der Waals surface area (Å²) in [5.74, 6) is -0.336. The molecule has 126 valence electrons. The van der Waals surface area contributed by atoms with Crippen LogP contribution >= 0.6 is 34.5 Å². The molecule has 1 aromatic heterocycles. The van der Waals surface area contributed by atoms with Gasteiger partial charge in [-0.3, -0.25) is 4.79 Å². The SMILES string of the molecule is O=C(N/N=C/c1nnc(Nc2ccc(Cl)cc2)s1)c1ccc(Cl)cc1. The number of hydrogen-bond acceptors (Lipinski definition) is 6. The molecule has 0 aliphatic rings. The second kappa shape index (κ2) is 8.06. The number of benzene rings is 2. The number of aromatic nitrogens is 2. The Labute approximate surface area is 157 Å². The van der Waals surface area contributed by atoms with E-state index in [0.717, 1.165) is 5.69 Å². The first-order valence-corrected chi connectivity index (χ1v) is 8.62. The number of nitrogens with one attached hydrogen (secondary N) is 2. The van der Waals surface area contributed by atoms with E-state index >= 15 is 0 Å². The third-order valence-electron chi connectivity index (χ3n) is 2.98. The second-order valence-corrected chi connectivity index (χ2v) is 6.67. The second-order valence-electron chi connectivity index (χ2n) is 4.78. The molecule has 0 spiro atoms. The average Bonchev–Trinajstić information content (AvgIpc) is 3.05. The Morgan fingerprint density at radius 2 is 1.64 bits per heavy atom. The number of carbonyl (C=O) groups excluding carboxylic acids is 1. The maximum Gasteiger partial charge on any atom is 0.271 e. The highest BCUT2D eigenvalue weighted by molar-refractivity contribution is 7.16. The molecule has 1 heterocycles. The van der Waals surface area contributed by atoms with Crippen LogP contribution in [0, 0.1) is 0 Å². The molecule has 3 aromatic rings. The zero-order valence-electron chi connectivity index (χ0n) is 12.6. The van der Waals surface area contributed by atoms with Crippen molar-refractivity contribution in [3.63, 3.8) is 0 Å². The first kappa shape index (κ1) is 17.3. The first-order valence-electron chi connectivity index (χ1n) is 7.05. The largest absolute Gasteiger partial charge is 0.330 e. The topological polar surface area (TPSA) is 79.3 Å². The molecule has 0 aliphatic heterocycles. The minimum absolute atomic E-state index is 0.336. The maximum atomic E-state index is 11.9. The molecule has 25 heavy (non-hydrogen) atoms. The fourth-order valence-corrected chi connectivity index (χ4v) is 2.69. The monoisotopic (exact) mass is 391 g/mol. The van der Waals surface area contributed by atoms with E-state index in [1.54, 1.807) is 36.4 Å². The number of hydrogen-bond donors (Lipinski definition) is 2. The summed E-state index contributed by atoms with van der Waals surface area (Å²) in [6.45, 7) is 0. The average molecular weight is 392 g/mol. The van der Waals surface area contributed by atoms with Gasteiger partial charge in [0, 0.05) is 21.3 Å². The summed E-state index contributed by atoms with van der Waals surface area (Å²) in [6.07, 6.45) is 1.43. The molecule has 3 rings (SSSR count). The summed E-state index contributed by atoms with van der Waals surface area (Å²) in [4.78, 5) is 11.9. The summed E-state index contributed by atoms with van der Waals surface area (Å²) < 4.78 is 0. The number of amides is 1. The highest BCUT2D eigenvalue weighted by atomic mass is 35.5. The van der Waals surface area contributed by atoms with Gasteiger partial charge in [-0.25, -0.2) is 5.43 Å². The number of rotatable bonds is 5. The van der Waals surface area contributed by atoms with Gasteiger partial charge in [0.05, 0.1) is 6.21 Å². The molecule has 0 radical (unpaired) electrons. The molecule has 6 nitrogen and oxygen atoms in total. The van der Waals surface area contributed by atoms with E-state index < -0.39 is 0 Å². The third-order valence-corrected chi connectivity index (χ3v) is 4.26. The lowest BCUT2D eigenvalue weighted by Gasteiger charge is -2.00. The van der Waals surface area contributed by atoms with Gasteiger partial charge in [-0.05, 0) is 48.5 Å². The van der Waals surface area contributed by atoms with Crippen LogP contribution < -0.4 is 10.7 Å². The van der Waals surface area contributed by atoms with Crippen LogP contribution in [0.5, 0.6) is 0 Å². The Hall–Kier alpha value is -2.48. The fourth-order valence-electron chi connectivity index (χ4n) is 1.81. The number of hydrazone groups is 1. The van der Waals surface area contributed by atoms with Crippen LogP contribution in [0.2, 0.25) is 10.0 Å². The predicted molar refractivity (Wildman–Crippen MR) is 101 cm³/mol. The van der Waals surface area contributed by atoms with Gasteiger partial charge in [0.1, 0.15) is 0 Å². The molecular formula is C16H11Cl2N5OS. The van der Waals surface area contributed by atoms with Gasteiger partial charge >= 0.3 is 0 Å². The first-order chi connectivity index (χ1) is 12.1. The lowest BCUT2D eigenvalue weighted by atomic mass is 10.2. The zero-order chi connectivity index (χ0) is 17.6. The molecule has 2 N–H and O–H groups in total. The van der Waals surface area contributed by atoms with Crippen LogP contribution in [-0.4, -0.2) is 22.3 Å². The molecule has 1 amide bonds. The Morgan fingerprint density at radius 3 is 2.32 bits per heavy atom. The van der Waals surface area contributed by atoms with Crippen molar-refractivity contribution in [2.45, 2.75) is 0 Å². The smallest absolute Gasteiger partial charge is 0.271 e. The van der Waals surface area contributed by atoms with E-state index in [4.69, 9.17) is 23.2 Å². The van der Waals surface area contributed by atoms with Crippen molar-refractivity contribution in [3.8, 4) is 0 Å². The van der Waals surface area contributed by atoms with E-state index in [9.17, 15) is 4.79 Å². The summed E-state index contributed by atoms with van der Waals surface area (Å²) in [6, 6.07) is 13.7. The van der Waals surface area contributed by atoms with E-state index in [1.165, 1.54) is 17.6 Å². The van der Waals surface area contributed by atoms with E-state index in [1.807, 2.05) is 12.1 Å². The molecule has 0 unspecified atom stereocenters. The van der Waals surface area contributed by atoms with Crippen molar-refractivity contribution >= 4 is 57.5 Å². The minimum Gasteiger partial charge on any atom is -0.330 e. The Kier molecular flexibility index (Phi) is 5.60. The van der Waals surface area contributed by atoms with Crippen LogP contribution in [0.1, 0.15) is 15.4 Å². The minimum atomic E-state index is -0.336. The van der Waals surface area contributed by atoms with Crippen molar-refractivity contribution < 1.29 is 4.79 Å². The van der Waals surface area contributed by atoms with Gasteiger partial charge in [0.15, 0.2) is 5.01 Å². The molecule has 9 heteroatoms. The highest BCUT2D eigenvalue weighted by Crippen LogP contribution is 2.21. The van der Waals surface area contributed by atoms with Gasteiger partial charge < -0.3 is 5.32 Å². The molecule has 0 fully saturated rings. The Bertz CT molecular complexity index is 894. The number of nitrogens with zero attached hydrogens (tertiary/aromatic N) is 3. The molecule has 0 atom stereocenters. The van der Waals surface area contributed by atoms with Crippen LogP contribution in [0.4, 0.5) is 10.8 Å². The summed E-state index contributed by atoms with van der Waals surface area (Å²) in [5, 5.41) is 17.3. The highest BCUT2D eigenvalue weighted by Gasteiger charge is 2.05.